The molecule has 0 spiro atoms. The van der Waals surface area contributed by atoms with Gasteiger partial charge in [-0.1, -0.05) is 37.8 Å². The Labute approximate surface area is 114 Å². The summed E-state index contributed by atoms with van der Waals surface area (Å²) in [5.41, 5.74) is 0.668. The van der Waals surface area contributed by atoms with E-state index in [0.29, 0.717) is 23.2 Å². The fourth-order valence-electron chi connectivity index (χ4n) is 2.78. The number of halogens is 2. The molecular weight excluding hydrogens is 249 g/mol. The highest BCUT2D eigenvalue weighted by Gasteiger charge is 2.20. The van der Waals surface area contributed by atoms with Crippen LogP contribution in [0.4, 0.5) is 4.39 Å². The van der Waals surface area contributed by atoms with E-state index in [1.165, 1.54) is 38.2 Å². The summed E-state index contributed by atoms with van der Waals surface area (Å²) < 4.78 is 13.6. The first-order valence-corrected chi connectivity index (χ1v) is 7.24. The predicted octanol–water partition coefficient (Wildman–Crippen LogP) is 4.54. The Morgan fingerprint density at radius 2 is 2.22 bits per heavy atom. The Morgan fingerprint density at radius 1 is 1.39 bits per heavy atom. The van der Waals surface area contributed by atoms with Crippen LogP contribution in [0, 0.1) is 11.7 Å². The topological polar surface area (TPSA) is 12.0 Å². The Bertz CT molecular complexity index is 394. The lowest BCUT2D eigenvalue weighted by Crippen LogP contribution is -2.33. The molecule has 0 saturated heterocycles. The number of hydrogen-bond donors (Lipinski definition) is 1. The predicted molar refractivity (Wildman–Crippen MR) is 74.3 cm³/mol. The summed E-state index contributed by atoms with van der Waals surface area (Å²) in [6.07, 6.45) is 6.31. The van der Waals surface area contributed by atoms with Gasteiger partial charge in [0.2, 0.25) is 0 Å². The Hall–Kier alpha value is -0.600. The van der Waals surface area contributed by atoms with Gasteiger partial charge in [-0.15, -0.1) is 0 Å². The van der Waals surface area contributed by atoms with Gasteiger partial charge < -0.3 is 5.32 Å². The molecule has 0 heterocycles. The maximum Gasteiger partial charge on any atom is 0.127 e. The average molecular weight is 270 g/mol. The fraction of sp³-hybridized carbons (Fsp3) is 0.600. The summed E-state index contributed by atoms with van der Waals surface area (Å²) in [6, 6.07) is 5.27. The monoisotopic (exact) mass is 269 g/mol. The van der Waals surface area contributed by atoms with Crippen molar-refractivity contribution in [3.05, 3.63) is 34.6 Å². The van der Waals surface area contributed by atoms with Gasteiger partial charge in [0.15, 0.2) is 0 Å². The number of benzene rings is 1. The smallest absolute Gasteiger partial charge is 0.127 e. The van der Waals surface area contributed by atoms with E-state index in [0.717, 1.165) is 5.92 Å². The number of nitrogens with one attached hydrogen (secondary N) is 1. The zero-order valence-corrected chi connectivity index (χ0v) is 11.6. The highest BCUT2D eigenvalue weighted by Crippen LogP contribution is 2.27. The molecule has 2 atom stereocenters. The molecule has 2 rings (SSSR count). The molecule has 1 aliphatic rings. The first-order valence-electron chi connectivity index (χ1n) is 6.86. The van der Waals surface area contributed by atoms with E-state index in [1.807, 2.05) is 0 Å². The molecule has 0 aliphatic heterocycles. The van der Waals surface area contributed by atoms with Gasteiger partial charge in [0.05, 0.1) is 0 Å². The van der Waals surface area contributed by atoms with Crippen LogP contribution < -0.4 is 5.32 Å². The zero-order chi connectivity index (χ0) is 13.0. The average Bonchev–Trinajstić information content (AvgIpc) is 2.40. The van der Waals surface area contributed by atoms with Crippen molar-refractivity contribution in [2.45, 2.75) is 51.6 Å². The van der Waals surface area contributed by atoms with Crippen LogP contribution in [0.5, 0.6) is 0 Å². The molecule has 0 aromatic heterocycles. The molecule has 3 heteroatoms. The molecule has 2 unspecified atom stereocenters. The third-order valence-corrected chi connectivity index (χ3v) is 4.18. The Balaban J connectivity index is 1.89. The van der Waals surface area contributed by atoms with Crippen LogP contribution >= 0.6 is 11.6 Å². The van der Waals surface area contributed by atoms with Gasteiger partial charge in [0, 0.05) is 23.2 Å². The molecule has 1 aromatic carbocycles. The molecule has 1 nitrogen and oxygen atoms in total. The van der Waals surface area contributed by atoms with Crippen molar-refractivity contribution in [1.29, 1.82) is 0 Å². The maximum absolute atomic E-state index is 13.6. The zero-order valence-electron chi connectivity index (χ0n) is 10.9. The van der Waals surface area contributed by atoms with E-state index >= 15 is 0 Å². The second-order valence-corrected chi connectivity index (χ2v) is 5.69. The van der Waals surface area contributed by atoms with Gasteiger partial charge in [-0.2, -0.15) is 0 Å². The van der Waals surface area contributed by atoms with Crippen molar-refractivity contribution in [2.75, 3.05) is 0 Å². The van der Waals surface area contributed by atoms with Crippen LogP contribution in [0.2, 0.25) is 5.02 Å². The molecule has 1 aromatic rings. The second-order valence-electron chi connectivity index (χ2n) is 5.25. The van der Waals surface area contributed by atoms with Crippen LogP contribution in [0.15, 0.2) is 18.2 Å². The van der Waals surface area contributed by atoms with E-state index in [4.69, 9.17) is 11.6 Å². The minimum Gasteiger partial charge on any atom is -0.310 e. The summed E-state index contributed by atoms with van der Waals surface area (Å²) in [7, 11) is 0. The van der Waals surface area contributed by atoms with E-state index in [2.05, 4.69) is 12.2 Å². The fourth-order valence-corrected chi connectivity index (χ4v) is 2.97. The molecule has 100 valence electrons. The van der Waals surface area contributed by atoms with Crippen molar-refractivity contribution < 1.29 is 4.39 Å². The largest absolute Gasteiger partial charge is 0.310 e. The van der Waals surface area contributed by atoms with E-state index < -0.39 is 0 Å². The van der Waals surface area contributed by atoms with E-state index in [-0.39, 0.29) is 5.82 Å². The second kappa shape index (κ2) is 6.53. The standard InChI is InChI=1S/C15H21ClFN/c1-2-11-4-3-5-14(8-11)18-10-12-9-13(16)6-7-15(12)17/h6-7,9,11,14,18H,2-5,8,10H2,1H3. The minimum atomic E-state index is -0.172. The van der Waals surface area contributed by atoms with Gasteiger partial charge in [0.1, 0.15) is 5.82 Å². The van der Waals surface area contributed by atoms with Crippen molar-refractivity contribution in [3.8, 4) is 0 Å². The number of rotatable bonds is 4. The summed E-state index contributed by atoms with van der Waals surface area (Å²) >= 11 is 5.89. The van der Waals surface area contributed by atoms with Crippen LogP contribution in [0.25, 0.3) is 0 Å². The Morgan fingerprint density at radius 3 is 3.00 bits per heavy atom. The summed E-state index contributed by atoms with van der Waals surface area (Å²) in [6.45, 7) is 2.83. The molecular formula is C15H21ClFN. The lowest BCUT2D eigenvalue weighted by atomic mass is 9.84. The van der Waals surface area contributed by atoms with Gasteiger partial charge in [-0.25, -0.2) is 4.39 Å². The van der Waals surface area contributed by atoms with Gasteiger partial charge in [-0.3, -0.25) is 0 Å². The van der Waals surface area contributed by atoms with Crippen molar-refractivity contribution in [3.63, 3.8) is 0 Å². The molecule has 18 heavy (non-hydrogen) atoms. The van der Waals surface area contributed by atoms with Gasteiger partial charge >= 0.3 is 0 Å². The van der Waals surface area contributed by atoms with E-state index in [1.54, 1.807) is 12.1 Å². The molecule has 1 fully saturated rings. The normalized spacial score (nSPS) is 24.2. The Kier molecular flexibility index (Phi) is 5.02. The van der Waals surface area contributed by atoms with Crippen molar-refractivity contribution in [1.82, 2.24) is 5.32 Å². The van der Waals surface area contributed by atoms with Gasteiger partial charge in [-0.05, 0) is 37.0 Å². The van der Waals surface area contributed by atoms with Crippen LogP contribution in [-0.2, 0) is 6.54 Å². The summed E-state index contributed by atoms with van der Waals surface area (Å²) in [5, 5.41) is 4.07. The van der Waals surface area contributed by atoms with E-state index in [9.17, 15) is 4.39 Å². The minimum absolute atomic E-state index is 0.172. The van der Waals surface area contributed by atoms with Crippen molar-refractivity contribution in [2.24, 2.45) is 5.92 Å². The summed E-state index contributed by atoms with van der Waals surface area (Å²) in [5.74, 6) is 0.662. The van der Waals surface area contributed by atoms with Crippen LogP contribution in [0.1, 0.15) is 44.6 Å². The highest BCUT2D eigenvalue weighted by atomic mass is 35.5. The third kappa shape index (κ3) is 3.69. The molecule has 0 amide bonds. The van der Waals surface area contributed by atoms with Crippen molar-refractivity contribution >= 4 is 11.6 Å². The summed E-state index contributed by atoms with van der Waals surface area (Å²) in [4.78, 5) is 0. The number of hydrogen-bond acceptors (Lipinski definition) is 1. The molecule has 1 aliphatic carbocycles. The molecule has 1 N–H and O–H groups in total. The highest BCUT2D eigenvalue weighted by molar-refractivity contribution is 6.30. The van der Waals surface area contributed by atoms with Gasteiger partial charge in [0.25, 0.3) is 0 Å². The third-order valence-electron chi connectivity index (χ3n) is 3.95. The lowest BCUT2D eigenvalue weighted by Gasteiger charge is -2.29. The molecule has 1 saturated carbocycles. The van der Waals surface area contributed by atoms with Crippen LogP contribution in [0.3, 0.4) is 0 Å². The quantitative estimate of drug-likeness (QED) is 0.846. The first-order chi connectivity index (χ1) is 8.69. The first kappa shape index (κ1) is 13.8. The van der Waals surface area contributed by atoms with Crippen LogP contribution in [-0.4, -0.2) is 6.04 Å². The molecule has 0 bridgehead atoms. The maximum atomic E-state index is 13.6. The lowest BCUT2D eigenvalue weighted by molar-refractivity contribution is 0.277. The SMILES string of the molecule is CCC1CCCC(NCc2cc(Cl)ccc2F)C1. The molecule has 0 radical (unpaired) electrons.